The van der Waals surface area contributed by atoms with Gasteiger partial charge in [0.15, 0.2) is 0 Å². The molecular formula is C29H38N4OS. The number of hydrogen-bond donors (Lipinski definition) is 0. The van der Waals surface area contributed by atoms with Crippen LogP contribution in [0.5, 0.6) is 0 Å². The number of thiophene rings is 1. The van der Waals surface area contributed by atoms with Gasteiger partial charge in [0, 0.05) is 37.5 Å². The Balaban J connectivity index is 1.41. The van der Waals surface area contributed by atoms with Gasteiger partial charge in [-0.25, -0.2) is 9.97 Å². The second-order valence-corrected chi connectivity index (χ2v) is 11.6. The fourth-order valence-corrected chi connectivity index (χ4v) is 6.92. The first kappa shape index (κ1) is 24.2. The van der Waals surface area contributed by atoms with E-state index < -0.39 is 0 Å². The van der Waals surface area contributed by atoms with E-state index >= 15 is 0 Å². The van der Waals surface area contributed by atoms with Gasteiger partial charge in [0.05, 0.1) is 11.3 Å². The topological polar surface area (TPSA) is 49.3 Å². The van der Waals surface area contributed by atoms with E-state index in [4.69, 9.17) is 9.97 Å². The summed E-state index contributed by atoms with van der Waals surface area (Å²) in [6, 6.07) is 10.2. The third-order valence-electron chi connectivity index (χ3n) is 7.48. The summed E-state index contributed by atoms with van der Waals surface area (Å²) in [7, 11) is 0. The maximum atomic E-state index is 13.4. The van der Waals surface area contributed by atoms with Crippen LogP contribution in [0.25, 0.3) is 10.2 Å². The van der Waals surface area contributed by atoms with Gasteiger partial charge in [-0.3, -0.25) is 4.79 Å². The Labute approximate surface area is 213 Å². The Morgan fingerprint density at radius 3 is 2.46 bits per heavy atom. The molecule has 0 saturated carbocycles. The highest BCUT2D eigenvalue weighted by Crippen LogP contribution is 2.39. The normalized spacial score (nSPS) is 17.5. The Hall–Kier alpha value is -2.47. The number of aryl methyl sites for hydroxylation is 2. The highest BCUT2D eigenvalue weighted by molar-refractivity contribution is 7.19. The molecule has 2 aliphatic rings. The summed E-state index contributed by atoms with van der Waals surface area (Å²) in [6.45, 7) is 9.74. The minimum absolute atomic E-state index is 0.0567. The van der Waals surface area contributed by atoms with E-state index in [2.05, 4.69) is 42.7 Å². The maximum absolute atomic E-state index is 13.4. The van der Waals surface area contributed by atoms with E-state index in [0.717, 1.165) is 62.6 Å². The predicted molar refractivity (Wildman–Crippen MR) is 145 cm³/mol. The van der Waals surface area contributed by atoms with E-state index in [1.165, 1.54) is 46.3 Å². The second kappa shape index (κ2) is 10.7. The number of benzene rings is 1. The molecule has 5 rings (SSSR count). The maximum Gasteiger partial charge on any atom is 0.230 e. The van der Waals surface area contributed by atoms with Crippen LogP contribution < -0.4 is 4.90 Å². The molecule has 1 aromatic carbocycles. The van der Waals surface area contributed by atoms with Crippen molar-refractivity contribution in [2.75, 3.05) is 31.1 Å². The van der Waals surface area contributed by atoms with Crippen LogP contribution in [0.4, 0.5) is 5.82 Å². The molecule has 186 valence electrons. The van der Waals surface area contributed by atoms with Gasteiger partial charge in [0.2, 0.25) is 5.91 Å². The lowest BCUT2D eigenvalue weighted by Crippen LogP contribution is -2.50. The van der Waals surface area contributed by atoms with Crippen molar-refractivity contribution in [3.8, 4) is 0 Å². The molecule has 35 heavy (non-hydrogen) atoms. The third-order valence-corrected chi connectivity index (χ3v) is 8.67. The molecule has 1 atom stereocenters. The molecule has 3 aromatic rings. The molecule has 3 heterocycles. The van der Waals surface area contributed by atoms with Crippen LogP contribution in [0.3, 0.4) is 0 Å². The number of fused-ring (bicyclic) bond motifs is 3. The zero-order valence-electron chi connectivity index (χ0n) is 21.4. The summed E-state index contributed by atoms with van der Waals surface area (Å²) >= 11 is 1.90. The van der Waals surface area contributed by atoms with Crippen LogP contribution in [-0.2, 0) is 24.1 Å². The number of rotatable bonds is 6. The van der Waals surface area contributed by atoms with E-state index in [1.54, 1.807) is 0 Å². The van der Waals surface area contributed by atoms with Crippen LogP contribution >= 0.6 is 11.3 Å². The van der Waals surface area contributed by atoms with Gasteiger partial charge in [-0.05, 0) is 49.1 Å². The summed E-state index contributed by atoms with van der Waals surface area (Å²) in [5.74, 6) is 2.81. The molecule has 6 heteroatoms. The van der Waals surface area contributed by atoms with Crippen molar-refractivity contribution >= 4 is 33.3 Å². The predicted octanol–water partition coefficient (Wildman–Crippen LogP) is 6.00. The lowest BCUT2D eigenvalue weighted by atomic mass is 9.95. The van der Waals surface area contributed by atoms with E-state index in [1.807, 2.05) is 29.5 Å². The molecule has 1 saturated heterocycles. The van der Waals surface area contributed by atoms with E-state index in [9.17, 15) is 4.79 Å². The second-order valence-electron chi connectivity index (χ2n) is 10.5. The first-order valence-corrected chi connectivity index (χ1v) is 14.3. The van der Waals surface area contributed by atoms with Crippen molar-refractivity contribution < 1.29 is 4.79 Å². The smallest absolute Gasteiger partial charge is 0.230 e. The quantitative estimate of drug-likeness (QED) is 0.398. The van der Waals surface area contributed by atoms with Gasteiger partial charge >= 0.3 is 0 Å². The summed E-state index contributed by atoms with van der Waals surface area (Å²) < 4.78 is 0. The zero-order chi connectivity index (χ0) is 24.4. The number of carbonyl (C=O) groups is 1. The minimum Gasteiger partial charge on any atom is -0.352 e. The van der Waals surface area contributed by atoms with Crippen molar-refractivity contribution in [3.05, 3.63) is 52.2 Å². The molecule has 1 aliphatic heterocycles. The molecule has 0 N–H and O–H groups in total. The first-order chi connectivity index (χ1) is 17.0. The van der Waals surface area contributed by atoms with E-state index in [-0.39, 0.29) is 11.8 Å². The van der Waals surface area contributed by atoms with E-state index in [0.29, 0.717) is 5.92 Å². The monoisotopic (exact) mass is 490 g/mol. The standard InChI is InChI=1S/C29H38N4OS/c1-4-22(21-11-7-5-8-12-21)29(34)33-17-15-32(16-18-33)27-26-23-13-9-6-10-14-24(23)35-28(26)31-25(30-27)19-20(2)3/h5,7-8,11-12,20,22H,4,6,9-10,13-19H2,1-3H3/t22-/m0/s1. The largest absolute Gasteiger partial charge is 0.352 e. The molecule has 1 aliphatic carbocycles. The molecule has 2 aromatic heterocycles. The van der Waals surface area contributed by atoms with Gasteiger partial charge in [-0.2, -0.15) is 0 Å². The Morgan fingerprint density at radius 1 is 1.00 bits per heavy atom. The van der Waals surface area contributed by atoms with Gasteiger partial charge in [0.1, 0.15) is 16.5 Å². The van der Waals surface area contributed by atoms with Crippen molar-refractivity contribution in [3.63, 3.8) is 0 Å². The van der Waals surface area contributed by atoms with Crippen LogP contribution in [0.1, 0.15) is 74.2 Å². The molecule has 0 bridgehead atoms. The highest BCUT2D eigenvalue weighted by atomic mass is 32.1. The Kier molecular flexibility index (Phi) is 7.37. The van der Waals surface area contributed by atoms with Crippen LogP contribution in [0, 0.1) is 5.92 Å². The number of amides is 1. The van der Waals surface area contributed by atoms with Crippen LogP contribution in [-0.4, -0.2) is 47.0 Å². The van der Waals surface area contributed by atoms with Crippen molar-refractivity contribution in [1.82, 2.24) is 14.9 Å². The molecule has 0 radical (unpaired) electrons. The number of piperazine rings is 1. The first-order valence-electron chi connectivity index (χ1n) is 13.4. The van der Waals surface area contributed by atoms with Gasteiger partial charge < -0.3 is 9.80 Å². The number of aromatic nitrogens is 2. The average Bonchev–Trinajstić information content (AvgIpc) is 3.05. The van der Waals surface area contributed by atoms with Crippen LogP contribution in [0.15, 0.2) is 30.3 Å². The summed E-state index contributed by atoms with van der Waals surface area (Å²) in [6.07, 6.45) is 7.90. The molecular weight excluding hydrogens is 452 g/mol. The lowest BCUT2D eigenvalue weighted by molar-refractivity contribution is -0.133. The van der Waals surface area contributed by atoms with Crippen molar-refractivity contribution in [2.45, 2.75) is 71.6 Å². The van der Waals surface area contributed by atoms with Gasteiger partial charge in [-0.1, -0.05) is 57.5 Å². The number of hydrogen-bond acceptors (Lipinski definition) is 5. The number of nitrogens with zero attached hydrogens (tertiary/aromatic N) is 4. The summed E-state index contributed by atoms with van der Waals surface area (Å²) in [5.41, 5.74) is 2.63. The zero-order valence-corrected chi connectivity index (χ0v) is 22.2. The number of carbonyl (C=O) groups excluding carboxylic acids is 1. The molecule has 0 spiro atoms. The summed E-state index contributed by atoms with van der Waals surface area (Å²) in [4.78, 5) is 30.8. The van der Waals surface area contributed by atoms with Gasteiger partial charge in [0.25, 0.3) is 0 Å². The number of anilines is 1. The molecule has 1 amide bonds. The molecule has 1 fully saturated rings. The minimum atomic E-state index is -0.0567. The van der Waals surface area contributed by atoms with Crippen molar-refractivity contribution in [1.29, 1.82) is 0 Å². The fraction of sp³-hybridized carbons (Fsp3) is 0.552. The highest BCUT2D eigenvalue weighted by Gasteiger charge is 2.30. The Morgan fingerprint density at radius 2 is 1.74 bits per heavy atom. The molecule has 0 unspecified atom stereocenters. The van der Waals surface area contributed by atoms with Crippen molar-refractivity contribution in [2.24, 2.45) is 5.92 Å². The summed E-state index contributed by atoms with van der Waals surface area (Å²) in [5, 5.41) is 1.30. The third kappa shape index (κ3) is 5.09. The lowest BCUT2D eigenvalue weighted by Gasteiger charge is -2.37. The Bertz CT molecular complexity index is 1160. The average molecular weight is 491 g/mol. The molecule has 5 nitrogen and oxygen atoms in total. The fourth-order valence-electron chi connectivity index (χ4n) is 5.64. The van der Waals surface area contributed by atoms with Gasteiger partial charge in [-0.15, -0.1) is 11.3 Å². The van der Waals surface area contributed by atoms with Crippen LogP contribution in [0.2, 0.25) is 0 Å². The SMILES string of the molecule is CC[C@H](C(=O)N1CCN(c2nc(CC(C)C)nc3sc4c(c23)CCCCC4)CC1)c1ccccc1.